The van der Waals surface area contributed by atoms with Gasteiger partial charge in [0.25, 0.3) is 0 Å². The Kier molecular flexibility index (Phi) is 13.8. The summed E-state index contributed by atoms with van der Waals surface area (Å²) in [5.41, 5.74) is 0. The molecule has 0 amide bonds. The van der Waals surface area contributed by atoms with E-state index in [1.807, 2.05) is 0 Å². The number of rotatable bonds is 13. The first-order valence-electron chi connectivity index (χ1n) is 7.12. The summed E-state index contributed by atoms with van der Waals surface area (Å²) in [5, 5.41) is 0. The summed E-state index contributed by atoms with van der Waals surface area (Å²) in [4.78, 5) is 18.9. The van der Waals surface area contributed by atoms with Crippen molar-refractivity contribution in [1.82, 2.24) is 0 Å². The van der Waals surface area contributed by atoms with E-state index >= 15 is 0 Å². The molecule has 1 unspecified atom stereocenters. The van der Waals surface area contributed by atoms with Gasteiger partial charge in [-0.1, -0.05) is 44.9 Å². The molecule has 0 rings (SSSR count). The van der Waals surface area contributed by atoms with E-state index in [9.17, 15) is 9.36 Å². The fourth-order valence-corrected chi connectivity index (χ4v) is 2.14. The van der Waals surface area contributed by atoms with Crippen molar-refractivity contribution in [3.8, 4) is 0 Å². The predicted octanol–water partition coefficient (Wildman–Crippen LogP) is 3.46. The molecule has 0 aromatic carbocycles. The van der Waals surface area contributed by atoms with E-state index in [4.69, 9.17) is 9.63 Å². The van der Waals surface area contributed by atoms with Crippen molar-refractivity contribution in [1.29, 1.82) is 0 Å². The van der Waals surface area contributed by atoms with E-state index < -0.39 is 8.25 Å². The molecule has 0 saturated heterocycles. The minimum atomic E-state index is -2.73. The molecule has 0 aliphatic heterocycles. The topological polar surface area (TPSA) is 72.8 Å². The normalized spacial score (nSPS) is 12.3. The highest BCUT2D eigenvalue weighted by molar-refractivity contribution is 7.32. The van der Waals surface area contributed by atoms with Gasteiger partial charge in [0.05, 0.1) is 13.2 Å². The van der Waals surface area contributed by atoms with Gasteiger partial charge < -0.3 is 14.2 Å². The Morgan fingerprint density at radius 2 is 1.32 bits per heavy atom. The van der Waals surface area contributed by atoms with Gasteiger partial charge in [-0.3, -0.25) is 9.36 Å². The molecule has 0 aromatic rings. The first-order valence-corrected chi connectivity index (χ1v) is 8.38. The number of esters is 1. The SMILES string of the molecule is CC(=O)OCCCCCCCCCCCO[PH](=O)O. The maximum absolute atomic E-state index is 10.5. The van der Waals surface area contributed by atoms with Gasteiger partial charge in [0.1, 0.15) is 0 Å². The lowest BCUT2D eigenvalue weighted by Crippen LogP contribution is -2.00. The summed E-state index contributed by atoms with van der Waals surface area (Å²) in [6.45, 7) is 2.37. The summed E-state index contributed by atoms with van der Waals surface area (Å²) in [5.74, 6) is -0.199. The van der Waals surface area contributed by atoms with Crippen LogP contribution in [-0.4, -0.2) is 24.1 Å². The molecule has 0 radical (unpaired) electrons. The molecule has 19 heavy (non-hydrogen) atoms. The van der Waals surface area contributed by atoms with Crippen LogP contribution in [-0.2, 0) is 18.6 Å². The zero-order chi connectivity index (χ0) is 14.3. The second-order valence-electron chi connectivity index (χ2n) is 4.64. The average Bonchev–Trinajstić information content (AvgIpc) is 2.34. The Morgan fingerprint density at radius 1 is 0.895 bits per heavy atom. The van der Waals surface area contributed by atoms with Crippen molar-refractivity contribution < 1.29 is 23.5 Å². The molecule has 0 saturated carbocycles. The molecule has 0 spiro atoms. The Morgan fingerprint density at radius 3 is 1.74 bits per heavy atom. The van der Waals surface area contributed by atoms with Crippen molar-refractivity contribution >= 4 is 14.2 Å². The van der Waals surface area contributed by atoms with Crippen LogP contribution >= 0.6 is 8.25 Å². The third-order valence-corrected chi connectivity index (χ3v) is 3.27. The van der Waals surface area contributed by atoms with Crippen LogP contribution in [0.5, 0.6) is 0 Å². The van der Waals surface area contributed by atoms with Crippen LogP contribution in [0.25, 0.3) is 0 Å². The third kappa shape index (κ3) is 17.6. The fourth-order valence-electron chi connectivity index (χ4n) is 1.82. The number of carbonyl (C=O) groups is 1. The number of hydrogen-bond donors (Lipinski definition) is 1. The van der Waals surface area contributed by atoms with Gasteiger partial charge in [-0.15, -0.1) is 0 Å². The molecule has 6 heteroatoms. The summed E-state index contributed by atoms with van der Waals surface area (Å²) in [6, 6.07) is 0. The summed E-state index contributed by atoms with van der Waals surface area (Å²) in [6.07, 6.45) is 9.99. The number of carbonyl (C=O) groups excluding carboxylic acids is 1. The second kappa shape index (κ2) is 14.0. The first-order chi connectivity index (χ1) is 9.13. The summed E-state index contributed by atoms with van der Waals surface area (Å²) >= 11 is 0. The lowest BCUT2D eigenvalue weighted by atomic mass is 10.1. The van der Waals surface area contributed by atoms with Gasteiger partial charge in [-0.25, -0.2) is 0 Å². The Bertz CT molecular complexity index is 221. The number of hydrogen-bond acceptors (Lipinski definition) is 4. The third-order valence-electron chi connectivity index (χ3n) is 2.82. The minimum Gasteiger partial charge on any atom is -0.466 e. The standard InChI is InChI=1S/C13H27O5P/c1-13(14)17-11-9-7-5-3-2-4-6-8-10-12-18-19(15)16/h19H,2-12H2,1H3,(H,15,16). The molecule has 0 fully saturated rings. The van der Waals surface area contributed by atoms with Gasteiger partial charge >= 0.3 is 14.2 Å². The maximum Gasteiger partial charge on any atom is 0.316 e. The lowest BCUT2D eigenvalue weighted by molar-refractivity contribution is -0.141. The molecular formula is C13H27O5P. The van der Waals surface area contributed by atoms with Crippen LogP contribution in [0.1, 0.15) is 64.7 Å². The lowest BCUT2D eigenvalue weighted by Gasteiger charge is -2.03. The molecule has 1 N–H and O–H groups in total. The van der Waals surface area contributed by atoms with Gasteiger partial charge in [0, 0.05) is 6.92 Å². The van der Waals surface area contributed by atoms with Crippen LogP contribution in [0.2, 0.25) is 0 Å². The van der Waals surface area contributed by atoms with E-state index in [-0.39, 0.29) is 5.97 Å². The first kappa shape index (κ1) is 18.6. The molecule has 0 aliphatic carbocycles. The molecule has 114 valence electrons. The zero-order valence-electron chi connectivity index (χ0n) is 11.9. The molecule has 0 aliphatic rings. The van der Waals surface area contributed by atoms with E-state index in [1.165, 1.54) is 32.6 Å². The minimum absolute atomic E-state index is 0.199. The van der Waals surface area contributed by atoms with Gasteiger partial charge in [-0.2, -0.15) is 0 Å². The van der Waals surface area contributed by atoms with Gasteiger partial charge in [-0.05, 0) is 12.8 Å². The highest BCUT2D eigenvalue weighted by atomic mass is 31.1. The highest BCUT2D eigenvalue weighted by Crippen LogP contribution is 2.16. The Hall–Kier alpha value is -0.380. The quantitative estimate of drug-likeness (QED) is 0.320. The molecule has 5 nitrogen and oxygen atoms in total. The van der Waals surface area contributed by atoms with Crippen molar-refractivity contribution in [2.24, 2.45) is 0 Å². The predicted molar refractivity (Wildman–Crippen MR) is 75.4 cm³/mol. The van der Waals surface area contributed by atoms with Crippen molar-refractivity contribution in [2.75, 3.05) is 13.2 Å². The van der Waals surface area contributed by atoms with Gasteiger partial charge in [0.2, 0.25) is 0 Å². The highest BCUT2D eigenvalue weighted by Gasteiger charge is 1.96. The largest absolute Gasteiger partial charge is 0.466 e. The van der Waals surface area contributed by atoms with Crippen molar-refractivity contribution in [3.05, 3.63) is 0 Å². The van der Waals surface area contributed by atoms with Crippen LogP contribution in [0.4, 0.5) is 0 Å². The van der Waals surface area contributed by atoms with E-state index in [0.717, 1.165) is 32.1 Å². The van der Waals surface area contributed by atoms with E-state index in [0.29, 0.717) is 13.2 Å². The molecule has 0 bridgehead atoms. The fraction of sp³-hybridized carbons (Fsp3) is 0.923. The van der Waals surface area contributed by atoms with Crippen LogP contribution in [0.15, 0.2) is 0 Å². The van der Waals surface area contributed by atoms with Gasteiger partial charge in [0.15, 0.2) is 0 Å². The number of unbranched alkanes of at least 4 members (excludes halogenated alkanes) is 8. The number of ether oxygens (including phenoxy) is 1. The molecular weight excluding hydrogens is 267 g/mol. The zero-order valence-corrected chi connectivity index (χ0v) is 12.9. The average molecular weight is 294 g/mol. The second-order valence-corrected chi connectivity index (χ2v) is 5.46. The van der Waals surface area contributed by atoms with E-state index in [2.05, 4.69) is 4.52 Å². The summed E-state index contributed by atoms with van der Waals surface area (Å²) in [7, 11) is -2.73. The monoisotopic (exact) mass is 294 g/mol. The van der Waals surface area contributed by atoms with Crippen molar-refractivity contribution in [3.63, 3.8) is 0 Å². The molecule has 1 atom stereocenters. The van der Waals surface area contributed by atoms with Crippen LogP contribution in [0, 0.1) is 0 Å². The molecule has 0 heterocycles. The molecule has 0 aromatic heterocycles. The smallest absolute Gasteiger partial charge is 0.316 e. The maximum atomic E-state index is 10.5. The van der Waals surface area contributed by atoms with E-state index in [1.54, 1.807) is 0 Å². The van der Waals surface area contributed by atoms with Crippen LogP contribution < -0.4 is 0 Å². The Balaban J connectivity index is 2.99. The summed E-state index contributed by atoms with van der Waals surface area (Å²) < 4.78 is 19.7. The van der Waals surface area contributed by atoms with Crippen molar-refractivity contribution in [2.45, 2.75) is 64.7 Å². The van der Waals surface area contributed by atoms with Crippen LogP contribution in [0.3, 0.4) is 0 Å². The Labute approximate surface area is 116 Å².